The highest BCUT2D eigenvalue weighted by Crippen LogP contribution is 2.36. The van der Waals surface area contributed by atoms with Gasteiger partial charge < -0.3 is 4.74 Å². The third kappa shape index (κ3) is 3.56. The number of halogens is 3. The lowest BCUT2D eigenvalue weighted by molar-refractivity contribution is -0.142. The number of benzene rings is 1. The molecule has 0 atom stereocenters. The molecule has 1 heterocycles. The standard InChI is InChI=1S/C15H17F3N2O/c1-10(2)12-5-4-6-13(14(12)21-3)11-7-19-20(8-11)9-15(16,17)18/h4-8,10H,9H2,1-3H3. The second-order valence-electron chi connectivity index (χ2n) is 5.12. The summed E-state index contributed by atoms with van der Waals surface area (Å²) in [5, 5.41) is 3.77. The molecule has 21 heavy (non-hydrogen) atoms. The molecule has 3 nitrogen and oxygen atoms in total. The van der Waals surface area contributed by atoms with E-state index in [-0.39, 0.29) is 5.92 Å². The second-order valence-corrected chi connectivity index (χ2v) is 5.12. The molecular weight excluding hydrogens is 281 g/mol. The van der Waals surface area contributed by atoms with Gasteiger partial charge in [-0.1, -0.05) is 32.0 Å². The summed E-state index contributed by atoms with van der Waals surface area (Å²) >= 11 is 0. The van der Waals surface area contributed by atoms with Gasteiger partial charge in [-0.15, -0.1) is 0 Å². The molecule has 0 saturated carbocycles. The van der Waals surface area contributed by atoms with Crippen LogP contribution in [0, 0.1) is 0 Å². The Labute approximate surface area is 121 Å². The van der Waals surface area contributed by atoms with Crippen LogP contribution in [0.5, 0.6) is 5.75 Å². The van der Waals surface area contributed by atoms with Gasteiger partial charge in [0.25, 0.3) is 0 Å². The molecule has 0 radical (unpaired) electrons. The number of hydrogen-bond acceptors (Lipinski definition) is 2. The minimum absolute atomic E-state index is 0.255. The van der Waals surface area contributed by atoms with Crippen molar-refractivity contribution < 1.29 is 17.9 Å². The lowest BCUT2D eigenvalue weighted by Crippen LogP contribution is -2.17. The average molecular weight is 298 g/mol. The molecule has 0 aliphatic rings. The minimum Gasteiger partial charge on any atom is -0.496 e. The predicted molar refractivity (Wildman–Crippen MR) is 74.4 cm³/mol. The summed E-state index contributed by atoms with van der Waals surface area (Å²) in [5.74, 6) is 0.934. The Hall–Kier alpha value is -1.98. The highest BCUT2D eigenvalue weighted by Gasteiger charge is 2.28. The van der Waals surface area contributed by atoms with E-state index in [0.29, 0.717) is 11.3 Å². The van der Waals surface area contributed by atoms with Gasteiger partial charge in [0, 0.05) is 17.3 Å². The van der Waals surface area contributed by atoms with Crippen molar-refractivity contribution >= 4 is 0 Å². The molecule has 0 N–H and O–H groups in total. The summed E-state index contributed by atoms with van der Waals surface area (Å²) in [6.45, 7) is 2.97. The lowest BCUT2D eigenvalue weighted by atomic mass is 9.97. The Bertz CT molecular complexity index is 618. The molecule has 0 aliphatic heterocycles. The van der Waals surface area contributed by atoms with E-state index >= 15 is 0 Å². The first-order chi connectivity index (χ1) is 9.81. The van der Waals surface area contributed by atoms with Crippen molar-refractivity contribution in [2.45, 2.75) is 32.5 Å². The largest absolute Gasteiger partial charge is 0.496 e. The van der Waals surface area contributed by atoms with Crippen LogP contribution in [-0.4, -0.2) is 23.1 Å². The van der Waals surface area contributed by atoms with E-state index in [1.807, 2.05) is 32.0 Å². The molecule has 2 aromatic rings. The number of ether oxygens (including phenoxy) is 1. The maximum atomic E-state index is 12.4. The van der Waals surface area contributed by atoms with Crippen LogP contribution in [0.2, 0.25) is 0 Å². The van der Waals surface area contributed by atoms with Crippen LogP contribution in [0.3, 0.4) is 0 Å². The Morgan fingerprint density at radius 1 is 1.29 bits per heavy atom. The fraction of sp³-hybridized carbons (Fsp3) is 0.400. The van der Waals surface area contributed by atoms with E-state index in [1.165, 1.54) is 12.4 Å². The monoisotopic (exact) mass is 298 g/mol. The maximum absolute atomic E-state index is 12.4. The van der Waals surface area contributed by atoms with Gasteiger partial charge in [-0.3, -0.25) is 4.68 Å². The molecule has 0 saturated heterocycles. The Morgan fingerprint density at radius 2 is 2.00 bits per heavy atom. The van der Waals surface area contributed by atoms with E-state index < -0.39 is 12.7 Å². The number of rotatable bonds is 4. The van der Waals surface area contributed by atoms with Crippen molar-refractivity contribution in [3.8, 4) is 16.9 Å². The van der Waals surface area contributed by atoms with Crippen molar-refractivity contribution in [1.82, 2.24) is 9.78 Å². The first-order valence-corrected chi connectivity index (χ1v) is 6.58. The summed E-state index contributed by atoms with van der Waals surface area (Å²) in [4.78, 5) is 0. The van der Waals surface area contributed by atoms with Gasteiger partial charge in [-0.2, -0.15) is 18.3 Å². The third-order valence-corrected chi connectivity index (χ3v) is 3.16. The van der Waals surface area contributed by atoms with Crippen molar-refractivity contribution in [3.05, 3.63) is 36.2 Å². The molecule has 6 heteroatoms. The van der Waals surface area contributed by atoms with Crippen LogP contribution in [0.25, 0.3) is 11.1 Å². The smallest absolute Gasteiger partial charge is 0.408 e. The first kappa shape index (κ1) is 15.4. The Kier molecular flexibility index (Phi) is 4.25. The van der Waals surface area contributed by atoms with Gasteiger partial charge >= 0.3 is 6.18 Å². The molecular formula is C15H17F3N2O. The molecule has 0 unspecified atom stereocenters. The number of para-hydroxylation sites is 1. The molecule has 2 rings (SSSR count). The fourth-order valence-electron chi connectivity index (χ4n) is 2.24. The zero-order valence-electron chi connectivity index (χ0n) is 12.1. The van der Waals surface area contributed by atoms with Crippen molar-refractivity contribution in [3.63, 3.8) is 0 Å². The number of hydrogen-bond donors (Lipinski definition) is 0. The number of alkyl halides is 3. The van der Waals surface area contributed by atoms with Gasteiger partial charge in [-0.05, 0) is 11.5 Å². The molecule has 0 fully saturated rings. The SMILES string of the molecule is COc1c(-c2cnn(CC(F)(F)F)c2)cccc1C(C)C. The first-order valence-electron chi connectivity index (χ1n) is 6.58. The molecule has 1 aromatic carbocycles. The van der Waals surface area contributed by atoms with Gasteiger partial charge in [0.2, 0.25) is 0 Å². The predicted octanol–water partition coefficient (Wildman–Crippen LogP) is 4.24. The average Bonchev–Trinajstić information content (AvgIpc) is 2.83. The topological polar surface area (TPSA) is 27.1 Å². The van der Waals surface area contributed by atoms with E-state index in [4.69, 9.17) is 4.74 Å². The zero-order chi connectivity index (χ0) is 15.6. The van der Waals surface area contributed by atoms with Crippen LogP contribution in [0.1, 0.15) is 25.3 Å². The van der Waals surface area contributed by atoms with Gasteiger partial charge in [0.15, 0.2) is 0 Å². The highest BCUT2D eigenvalue weighted by atomic mass is 19.4. The van der Waals surface area contributed by atoms with Gasteiger partial charge in [-0.25, -0.2) is 0 Å². The van der Waals surface area contributed by atoms with E-state index in [2.05, 4.69) is 5.10 Å². The van der Waals surface area contributed by atoms with E-state index in [1.54, 1.807) is 7.11 Å². The number of aromatic nitrogens is 2. The number of nitrogens with zero attached hydrogens (tertiary/aromatic N) is 2. The molecule has 0 bridgehead atoms. The molecule has 0 amide bonds. The van der Waals surface area contributed by atoms with Crippen molar-refractivity contribution in [1.29, 1.82) is 0 Å². The van der Waals surface area contributed by atoms with Gasteiger partial charge in [0.1, 0.15) is 12.3 Å². The van der Waals surface area contributed by atoms with E-state index in [0.717, 1.165) is 15.8 Å². The van der Waals surface area contributed by atoms with Crippen LogP contribution in [0.15, 0.2) is 30.6 Å². The maximum Gasteiger partial charge on any atom is 0.408 e. The van der Waals surface area contributed by atoms with Crippen molar-refractivity contribution in [2.24, 2.45) is 0 Å². The quantitative estimate of drug-likeness (QED) is 0.844. The summed E-state index contributed by atoms with van der Waals surface area (Å²) < 4.78 is 43.5. The minimum atomic E-state index is -4.28. The molecule has 0 aliphatic carbocycles. The third-order valence-electron chi connectivity index (χ3n) is 3.16. The van der Waals surface area contributed by atoms with Gasteiger partial charge in [0.05, 0.1) is 13.3 Å². The second kappa shape index (κ2) is 5.79. The highest BCUT2D eigenvalue weighted by molar-refractivity contribution is 5.71. The molecule has 114 valence electrons. The fourth-order valence-corrected chi connectivity index (χ4v) is 2.24. The van der Waals surface area contributed by atoms with Crippen LogP contribution < -0.4 is 4.74 Å². The summed E-state index contributed by atoms with van der Waals surface area (Å²) in [5.41, 5.74) is 2.37. The van der Waals surface area contributed by atoms with E-state index in [9.17, 15) is 13.2 Å². The summed E-state index contributed by atoms with van der Waals surface area (Å²) in [6.07, 6.45) is -1.48. The Balaban J connectivity index is 2.41. The van der Waals surface area contributed by atoms with Crippen molar-refractivity contribution in [2.75, 3.05) is 7.11 Å². The summed E-state index contributed by atoms with van der Waals surface area (Å²) in [7, 11) is 1.56. The lowest BCUT2D eigenvalue weighted by Gasteiger charge is -2.15. The number of methoxy groups -OCH3 is 1. The molecule has 0 spiro atoms. The van der Waals surface area contributed by atoms with Crippen LogP contribution in [-0.2, 0) is 6.54 Å². The Morgan fingerprint density at radius 3 is 2.57 bits per heavy atom. The summed E-state index contributed by atoms with van der Waals surface area (Å²) in [6, 6.07) is 5.64. The normalized spacial score (nSPS) is 12.0. The van der Waals surface area contributed by atoms with Crippen LogP contribution in [0.4, 0.5) is 13.2 Å². The molecule has 1 aromatic heterocycles. The van der Waals surface area contributed by atoms with Crippen LogP contribution >= 0.6 is 0 Å². The zero-order valence-corrected chi connectivity index (χ0v) is 12.1.